The highest BCUT2D eigenvalue weighted by molar-refractivity contribution is 5.83. The normalized spacial score (nSPS) is 31.1. The predicted molar refractivity (Wildman–Crippen MR) is 419 cm³/mol. The molecule has 0 aliphatic heterocycles. The van der Waals surface area contributed by atoms with Crippen molar-refractivity contribution in [3.8, 4) is 0 Å². The zero-order valence-corrected chi connectivity index (χ0v) is 72.1. The van der Waals surface area contributed by atoms with E-state index in [1.54, 1.807) is 6.92 Å². The Morgan fingerprint density at radius 3 is 1.15 bits per heavy atom. The van der Waals surface area contributed by atoms with Crippen LogP contribution in [0.1, 0.15) is 351 Å². The molecule has 628 valence electrons. The molecule has 110 heavy (non-hydrogen) atoms. The van der Waals surface area contributed by atoms with Gasteiger partial charge < -0.3 is 47.4 Å². The van der Waals surface area contributed by atoms with Gasteiger partial charge >= 0.3 is 59.7 Å². The minimum Gasteiger partial charge on any atom is -0.457 e. The van der Waals surface area contributed by atoms with E-state index in [-0.39, 0.29) is 96.2 Å². The maximum atomic E-state index is 12.6. The van der Waals surface area contributed by atoms with Gasteiger partial charge in [0.05, 0.1) is 27.1 Å². The monoisotopic (exact) mass is 1550 g/mol. The summed E-state index contributed by atoms with van der Waals surface area (Å²) in [5.41, 5.74) is -4.44. The third-order valence-corrected chi connectivity index (χ3v) is 29.8. The molecule has 0 N–H and O–H groups in total. The summed E-state index contributed by atoms with van der Waals surface area (Å²) < 4.78 is 54.8. The molecule has 11 atom stereocenters. The van der Waals surface area contributed by atoms with Crippen molar-refractivity contribution < 1.29 is 95.3 Å². The Hall–Kier alpha value is -5.30. The van der Waals surface area contributed by atoms with Gasteiger partial charge in [-0.25, -0.2) is 24.0 Å². The Bertz CT molecular complexity index is 3120. The number of esters is 10. The molecule has 20 heteroatoms. The van der Waals surface area contributed by atoms with E-state index in [1.165, 1.54) is 83.5 Å². The van der Waals surface area contributed by atoms with Gasteiger partial charge in [0.1, 0.15) is 28.0 Å². The molecule has 0 spiro atoms. The Morgan fingerprint density at radius 2 is 0.755 bits per heavy atom. The van der Waals surface area contributed by atoms with E-state index >= 15 is 0 Å². The van der Waals surface area contributed by atoms with Gasteiger partial charge in [-0.05, 0) is 348 Å². The summed E-state index contributed by atoms with van der Waals surface area (Å²) in [4.78, 5) is 121. The van der Waals surface area contributed by atoms with Gasteiger partial charge in [-0.1, -0.05) is 68.2 Å². The molecule has 11 unspecified atom stereocenters. The first-order valence-corrected chi connectivity index (χ1v) is 43.4. The lowest BCUT2D eigenvalue weighted by Gasteiger charge is -2.59. The Morgan fingerprint density at radius 1 is 0.364 bits per heavy atom. The number of fused-ring (bicyclic) bond motifs is 11. The highest BCUT2D eigenvalue weighted by Crippen LogP contribution is 2.71. The number of ether oxygens (including phenoxy) is 10. The summed E-state index contributed by atoms with van der Waals surface area (Å²) in [7, 11) is 0. The van der Waals surface area contributed by atoms with Crippen LogP contribution in [0.15, 0.2) is 0 Å². The summed E-state index contributed by atoms with van der Waals surface area (Å²) in [6, 6.07) is 0. The van der Waals surface area contributed by atoms with Crippen LogP contribution in [0.3, 0.4) is 0 Å². The summed E-state index contributed by atoms with van der Waals surface area (Å²) in [5.74, 6) is 4.94. The van der Waals surface area contributed by atoms with Crippen LogP contribution in [0, 0.1) is 98.1 Å². The molecule has 0 aromatic rings. The second-order valence-corrected chi connectivity index (χ2v) is 39.2. The van der Waals surface area contributed by atoms with Gasteiger partial charge in [0.2, 0.25) is 0 Å². The Kier molecular flexibility index (Phi) is 31.7. The molecular weight excluding hydrogens is 1400 g/mol. The number of hydrogen-bond acceptors (Lipinski definition) is 20. The van der Waals surface area contributed by atoms with Crippen LogP contribution in [0.25, 0.3) is 0 Å². The zero-order valence-electron chi connectivity index (χ0n) is 72.1. The van der Waals surface area contributed by atoms with Crippen molar-refractivity contribution >= 4 is 59.7 Å². The fourth-order valence-corrected chi connectivity index (χ4v) is 20.5. The van der Waals surface area contributed by atoms with E-state index in [1.807, 2.05) is 118 Å². The van der Waals surface area contributed by atoms with Crippen molar-refractivity contribution in [3.63, 3.8) is 0 Å². The fourth-order valence-electron chi connectivity index (χ4n) is 20.5. The van der Waals surface area contributed by atoms with Crippen LogP contribution in [0.5, 0.6) is 0 Å². The minimum atomic E-state index is -0.836. The van der Waals surface area contributed by atoms with Gasteiger partial charge in [0.15, 0.2) is 32.5 Å². The molecular formula is C90H148O20. The largest absolute Gasteiger partial charge is 0.457 e. The SMILES string of the molecule is CCC(C)(C)C(=O)OC(C)C(=O)OC1(C)C2CC3CC(C2)CC1C3.CCC(C)(C)C(=O)OCC(=O)OC1(C)CCCCC1.CCC(C)(C)C(=O)OCC(=O)OC1(CC)CC2CC1C1C3CCC(C3)C21.CCC(C)(C)C(=O)OCC(=O)OC1(CC)CC2CCC1C2.CCC1(OC(=O)COC(=O)C(C)(C)CC)CCCCC1. The molecule has 12 aliphatic rings. The highest BCUT2D eigenvalue weighted by Gasteiger charge is 2.68. The van der Waals surface area contributed by atoms with Gasteiger partial charge in [-0.3, -0.25) is 24.0 Å². The average Bonchev–Trinajstić information content (AvgIpc) is 1.49. The number of rotatable bonds is 28. The summed E-state index contributed by atoms with van der Waals surface area (Å²) >= 11 is 0. The standard InChI is InChI=1S/C22H34O4.C20H32O4.C17H28O4.C16H28O4.C15H26O4/c1-5-21(3,4)20(24)25-12-17(23)26-22(6-2)11-15-10-16(22)19-14-8-7-13(9-14)18(15)19;1-6-19(3,4)18(22)23-12(2)17(21)24-20(5)15-8-13-7-14(10-15)11-16(20)9-13;1-5-16(3,4)15(19)20-11-14(18)21-17(6-2)10-12-7-8-13(17)9-12;1-5-15(3,4)14(18)19-12-13(17)20-16(6-2)10-8-7-9-11-16;1-5-14(2,3)13(17)18-11-12(16)19-15(4)9-7-6-8-10-15/h13-16,18-19H,5-12H2,1-4H3;12-16H,6-11H2,1-5H3;12-13H,5-11H2,1-4H3;5-12H2,1-4H3;5-11H2,1-4H3. The van der Waals surface area contributed by atoms with Crippen molar-refractivity contribution in [2.45, 2.75) is 385 Å². The number of hydrogen-bond donors (Lipinski definition) is 0. The molecule has 0 aromatic heterocycles. The predicted octanol–water partition coefficient (Wildman–Crippen LogP) is 18.8. The first-order valence-electron chi connectivity index (χ1n) is 43.4. The van der Waals surface area contributed by atoms with Gasteiger partial charge in [0.25, 0.3) is 0 Å². The van der Waals surface area contributed by atoms with Crippen LogP contribution < -0.4 is 0 Å². The Labute approximate surface area is 661 Å². The molecule has 12 fully saturated rings. The first-order chi connectivity index (χ1) is 51.4. The molecule has 0 radical (unpaired) electrons. The average molecular weight is 1550 g/mol. The van der Waals surface area contributed by atoms with E-state index in [9.17, 15) is 47.9 Å². The molecule has 0 amide bonds. The second-order valence-electron chi connectivity index (χ2n) is 39.2. The zero-order chi connectivity index (χ0) is 81.8. The van der Waals surface area contributed by atoms with Crippen molar-refractivity contribution in [2.24, 2.45) is 98.1 Å². The summed E-state index contributed by atoms with van der Waals surface area (Å²) in [6.45, 7) is 38.9. The number of carbonyl (C=O) groups excluding carboxylic acids is 10. The van der Waals surface area contributed by atoms with Crippen molar-refractivity contribution in [1.82, 2.24) is 0 Å². The van der Waals surface area contributed by atoms with E-state index in [0.29, 0.717) is 61.7 Å². The molecule has 20 nitrogen and oxygen atoms in total. The maximum Gasteiger partial charge on any atom is 0.347 e. The van der Waals surface area contributed by atoms with Gasteiger partial charge in [-0.15, -0.1) is 0 Å². The maximum absolute atomic E-state index is 12.6. The lowest BCUT2D eigenvalue weighted by Crippen LogP contribution is -2.58. The van der Waals surface area contributed by atoms with E-state index in [2.05, 4.69) is 20.8 Å². The molecule has 0 aromatic carbocycles. The molecule has 12 saturated carbocycles. The van der Waals surface area contributed by atoms with Crippen LogP contribution in [0.4, 0.5) is 0 Å². The minimum absolute atomic E-state index is 0.248. The third-order valence-electron chi connectivity index (χ3n) is 29.8. The van der Waals surface area contributed by atoms with Crippen molar-refractivity contribution in [1.29, 1.82) is 0 Å². The molecule has 0 heterocycles. The van der Waals surface area contributed by atoms with Crippen molar-refractivity contribution in [3.05, 3.63) is 0 Å². The summed E-state index contributed by atoms with van der Waals surface area (Å²) in [5, 5.41) is 0. The first kappa shape index (κ1) is 91.9. The topological polar surface area (TPSA) is 263 Å². The van der Waals surface area contributed by atoms with E-state index in [0.717, 1.165) is 131 Å². The second kappa shape index (κ2) is 38.0. The van der Waals surface area contributed by atoms with Gasteiger partial charge in [0, 0.05) is 5.92 Å². The van der Waals surface area contributed by atoms with Gasteiger partial charge in [-0.2, -0.15) is 0 Å². The molecule has 10 bridgehead atoms. The smallest absolute Gasteiger partial charge is 0.347 e. The van der Waals surface area contributed by atoms with E-state index in [4.69, 9.17) is 47.4 Å². The lowest BCUT2D eigenvalue weighted by atomic mass is 9.50. The lowest BCUT2D eigenvalue weighted by molar-refractivity contribution is -0.213. The fraction of sp³-hybridized carbons (Fsp3) is 0.889. The molecule has 0 saturated heterocycles. The van der Waals surface area contributed by atoms with Crippen LogP contribution in [-0.2, 0) is 95.3 Å². The van der Waals surface area contributed by atoms with Crippen LogP contribution in [0.2, 0.25) is 0 Å². The van der Waals surface area contributed by atoms with E-state index < -0.39 is 51.1 Å². The quantitative estimate of drug-likeness (QED) is 0.0400. The number of carbonyl (C=O) groups is 10. The third kappa shape index (κ3) is 22.4. The van der Waals surface area contributed by atoms with Crippen molar-refractivity contribution in [2.75, 3.05) is 26.4 Å². The Balaban J connectivity index is 0.000000192. The molecule has 12 rings (SSSR count). The van der Waals surface area contributed by atoms with Crippen LogP contribution in [-0.4, -0.2) is 120 Å². The molecule has 12 aliphatic carbocycles. The van der Waals surface area contributed by atoms with Crippen LogP contribution >= 0.6 is 0 Å². The summed E-state index contributed by atoms with van der Waals surface area (Å²) in [6.07, 6.45) is 32.8. The highest BCUT2D eigenvalue weighted by atomic mass is 16.6.